The van der Waals surface area contributed by atoms with Gasteiger partial charge in [0.15, 0.2) is 0 Å². The van der Waals surface area contributed by atoms with Crippen molar-refractivity contribution in [3.05, 3.63) is 198 Å². The summed E-state index contributed by atoms with van der Waals surface area (Å²) in [7, 11) is 0. The van der Waals surface area contributed by atoms with E-state index < -0.39 is 0 Å². The van der Waals surface area contributed by atoms with Crippen LogP contribution in [0.2, 0.25) is 0 Å². The number of nitrogens with zero attached hydrogens (tertiary/aromatic N) is 4. The molecule has 0 bridgehead atoms. The van der Waals surface area contributed by atoms with E-state index in [1.54, 1.807) is 0 Å². The van der Waals surface area contributed by atoms with Crippen molar-refractivity contribution in [2.45, 2.75) is 154 Å². The summed E-state index contributed by atoms with van der Waals surface area (Å²) < 4.78 is 13.5. The van der Waals surface area contributed by atoms with Crippen LogP contribution < -0.4 is 9.30 Å². The molecule has 3 aromatic heterocycles. The van der Waals surface area contributed by atoms with Crippen LogP contribution >= 0.6 is 0 Å². The van der Waals surface area contributed by atoms with E-state index in [9.17, 15) is 0 Å². The molecular weight excluding hydrogens is 1130 g/mol. The fraction of sp³-hybridized carbons (Fsp3) is 0.333. The molecule has 3 aliphatic rings. The monoisotopic (exact) mass is 1200 g/mol. The minimum atomic E-state index is 0. The smallest absolute Gasteiger partial charge is 0.268 e. The zero-order valence-electron chi connectivity index (χ0n) is 47.6. The van der Waals surface area contributed by atoms with Gasteiger partial charge in [0.1, 0.15) is 5.82 Å². The molecule has 398 valence electrons. The Balaban J connectivity index is 0.00000609. The molecule has 7 aromatic carbocycles. The molecule has 13 rings (SSSR count). The molecule has 0 atom stereocenters. The van der Waals surface area contributed by atoms with Gasteiger partial charge in [0.05, 0.1) is 16.7 Å². The molecule has 6 heteroatoms. The minimum Gasteiger partial charge on any atom is -0.510 e. The first-order valence-corrected chi connectivity index (χ1v) is 28.2. The van der Waals surface area contributed by atoms with Crippen LogP contribution in [0.25, 0.3) is 72.3 Å². The molecule has 10 aromatic rings. The van der Waals surface area contributed by atoms with Gasteiger partial charge in [-0.15, -0.1) is 29.7 Å². The number of ether oxygens (including phenoxy) is 1. The van der Waals surface area contributed by atoms with Crippen LogP contribution in [0.15, 0.2) is 146 Å². The van der Waals surface area contributed by atoms with Crippen molar-refractivity contribution < 1.29 is 30.4 Å². The SMILES string of the molecule is CC1(C)CCC(C)(C)c2cc(-c3cccc(-c4ccc5c(c4)C(C)(C)CCC5(C)C)c3-[n+]3[c-]n(-c4[c-]c(Oc5[c-]c6c(cc5)c5ccccc5n6-c5cc6c(cn5)C(C)(C)CCC6(C)C)ccc4)c4ccccc43)ccc21.[Pt]. The maximum Gasteiger partial charge on any atom is 0.268 e. The second-order valence-corrected chi connectivity index (χ2v) is 26.8. The number of pyridine rings is 1. The van der Waals surface area contributed by atoms with Gasteiger partial charge in [0.2, 0.25) is 0 Å². The molecule has 0 spiro atoms. The molecule has 0 N–H and O–H groups in total. The molecule has 5 nitrogen and oxygen atoms in total. The number of aromatic nitrogens is 4. The topological polar surface area (TPSA) is 35.9 Å². The second-order valence-electron chi connectivity index (χ2n) is 26.8. The first-order valence-electron chi connectivity index (χ1n) is 28.2. The summed E-state index contributed by atoms with van der Waals surface area (Å²) in [6, 6.07) is 58.8. The van der Waals surface area contributed by atoms with Crippen LogP contribution in [0.4, 0.5) is 0 Å². The van der Waals surface area contributed by atoms with Crippen molar-refractivity contribution >= 4 is 32.8 Å². The Morgan fingerprint density at radius 3 is 1.59 bits per heavy atom. The van der Waals surface area contributed by atoms with Crippen LogP contribution in [0, 0.1) is 18.5 Å². The predicted molar refractivity (Wildman–Crippen MR) is 317 cm³/mol. The van der Waals surface area contributed by atoms with Gasteiger partial charge in [0.25, 0.3) is 6.33 Å². The van der Waals surface area contributed by atoms with Crippen LogP contribution in [0.3, 0.4) is 0 Å². The molecule has 0 saturated heterocycles. The van der Waals surface area contributed by atoms with Crippen molar-refractivity contribution in [3.63, 3.8) is 0 Å². The number of benzene rings is 7. The number of para-hydroxylation sites is 4. The van der Waals surface area contributed by atoms with E-state index in [1.807, 2.05) is 12.1 Å². The Bertz CT molecular complexity index is 3950. The largest absolute Gasteiger partial charge is 0.510 e. The Morgan fingerprint density at radius 1 is 0.462 bits per heavy atom. The molecule has 0 amide bonds. The second kappa shape index (κ2) is 18.2. The van der Waals surface area contributed by atoms with Gasteiger partial charge in [-0.25, -0.2) is 4.98 Å². The van der Waals surface area contributed by atoms with Crippen molar-refractivity contribution in [1.29, 1.82) is 0 Å². The summed E-state index contributed by atoms with van der Waals surface area (Å²) in [5.74, 6) is 2.10. The minimum absolute atomic E-state index is 0. The van der Waals surface area contributed by atoms with E-state index in [0.717, 1.165) is 75.7 Å². The third-order valence-corrected chi connectivity index (χ3v) is 18.9. The van der Waals surface area contributed by atoms with Gasteiger partial charge >= 0.3 is 0 Å². The molecule has 0 fully saturated rings. The van der Waals surface area contributed by atoms with Gasteiger partial charge in [-0.2, -0.15) is 18.2 Å². The zero-order valence-corrected chi connectivity index (χ0v) is 49.9. The molecule has 78 heavy (non-hydrogen) atoms. The van der Waals surface area contributed by atoms with Gasteiger partial charge in [-0.3, -0.25) is 4.57 Å². The number of rotatable bonds is 7. The van der Waals surface area contributed by atoms with E-state index in [0.29, 0.717) is 11.5 Å². The molecular formula is C72H72N4OPt-2. The third kappa shape index (κ3) is 8.43. The zero-order chi connectivity index (χ0) is 53.6. The average molecular weight is 1200 g/mol. The quantitative estimate of drug-likeness (QED) is 0.118. The summed E-state index contributed by atoms with van der Waals surface area (Å²) in [6.45, 7) is 28.8. The van der Waals surface area contributed by atoms with Gasteiger partial charge in [0, 0.05) is 44.3 Å². The normalized spacial score (nSPS) is 18.2. The fourth-order valence-corrected chi connectivity index (χ4v) is 13.6. The first-order chi connectivity index (χ1) is 36.6. The summed E-state index contributed by atoms with van der Waals surface area (Å²) in [5, 5.41) is 2.26. The Labute approximate surface area is 477 Å². The molecule has 0 saturated carbocycles. The maximum absolute atomic E-state index is 6.82. The van der Waals surface area contributed by atoms with Crippen LogP contribution in [-0.4, -0.2) is 14.1 Å². The number of hydrogen-bond acceptors (Lipinski definition) is 2. The average Bonchev–Trinajstić information content (AvgIpc) is 4.14. The van der Waals surface area contributed by atoms with E-state index in [1.165, 1.54) is 68.5 Å². The molecule has 0 radical (unpaired) electrons. The van der Waals surface area contributed by atoms with Crippen LogP contribution in [-0.2, 0) is 53.6 Å². The first kappa shape index (κ1) is 52.2. The van der Waals surface area contributed by atoms with Crippen LogP contribution in [0.1, 0.15) is 155 Å². The predicted octanol–water partition coefficient (Wildman–Crippen LogP) is 18.0. The van der Waals surface area contributed by atoms with Gasteiger partial charge in [-0.1, -0.05) is 186 Å². The summed E-state index contributed by atoms with van der Waals surface area (Å²) in [4.78, 5) is 5.19. The van der Waals surface area contributed by atoms with E-state index >= 15 is 0 Å². The molecule has 0 unspecified atom stereocenters. The van der Waals surface area contributed by atoms with Crippen molar-refractivity contribution in [3.8, 4) is 50.9 Å². The van der Waals surface area contributed by atoms with Gasteiger partial charge in [-0.05, 0) is 150 Å². The summed E-state index contributed by atoms with van der Waals surface area (Å²) in [6.07, 6.45) is 13.0. The third-order valence-electron chi connectivity index (χ3n) is 18.9. The maximum atomic E-state index is 6.82. The number of fused-ring (bicyclic) bond motifs is 7. The van der Waals surface area contributed by atoms with E-state index in [2.05, 4.69) is 249 Å². The summed E-state index contributed by atoms with van der Waals surface area (Å²) in [5.41, 5.74) is 19.8. The van der Waals surface area contributed by atoms with E-state index in [4.69, 9.17) is 9.72 Å². The Kier molecular flexibility index (Phi) is 12.2. The molecule has 0 aliphatic heterocycles. The Morgan fingerprint density at radius 2 is 0.974 bits per heavy atom. The number of imidazole rings is 1. The van der Waals surface area contributed by atoms with Crippen molar-refractivity contribution in [1.82, 2.24) is 14.1 Å². The molecule has 3 aliphatic carbocycles. The summed E-state index contributed by atoms with van der Waals surface area (Å²) >= 11 is 0. The van der Waals surface area contributed by atoms with Crippen LogP contribution in [0.5, 0.6) is 11.5 Å². The molecule has 3 heterocycles. The standard InChI is InChI=1S/C72H72N4O.Pt/c1-67(2)33-35-69(5,6)57-39-46(27-31-55(57)67)51-22-18-23-52(47-28-32-56-58(40-47)70(7,8)36-34-68(56,3)4)66(51)75-45-74(62-25-15-16-26-63(62)75)48-19-17-20-49(41-48)77-50-29-30-54-53-21-13-14-24-61(53)76(64(54)42-50)65-43-59-60(44-73-65)72(11,12)38-37-71(59,9)10;/h13-32,39-40,43-44H,33-38H2,1-12H3;/q-2;. The van der Waals surface area contributed by atoms with Crippen molar-refractivity contribution in [2.75, 3.05) is 0 Å². The van der Waals surface area contributed by atoms with Gasteiger partial charge < -0.3 is 13.9 Å². The van der Waals surface area contributed by atoms with Crippen molar-refractivity contribution in [2.24, 2.45) is 0 Å². The number of hydrogen-bond donors (Lipinski definition) is 0. The van der Waals surface area contributed by atoms with E-state index in [-0.39, 0.29) is 53.6 Å². The Hall–Kier alpha value is -6.55. The fourth-order valence-electron chi connectivity index (χ4n) is 13.6.